The van der Waals surface area contributed by atoms with Crippen LogP contribution in [-0.4, -0.2) is 31.6 Å². The molecule has 0 amide bonds. The fraction of sp³-hybridized carbons (Fsp3) is 0.500. The zero-order chi connectivity index (χ0) is 12.8. The van der Waals surface area contributed by atoms with Gasteiger partial charge in [-0.1, -0.05) is 6.92 Å². The second kappa shape index (κ2) is 7.03. The number of rotatable bonds is 6. The van der Waals surface area contributed by atoms with Gasteiger partial charge < -0.3 is 10.2 Å². The van der Waals surface area contributed by atoms with E-state index < -0.39 is 11.6 Å². The first-order valence-corrected chi connectivity index (χ1v) is 6.37. The van der Waals surface area contributed by atoms with Crippen molar-refractivity contribution >= 4 is 15.9 Å². The summed E-state index contributed by atoms with van der Waals surface area (Å²) in [5.74, 6) is -1.01. The first kappa shape index (κ1) is 14.5. The van der Waals surface area contributed by atoms with Crippen LogP contribution in [0.1, 0.15) is 12.5 Å². The summed E-state index contributed by atoms with van der Waals surface area (Å²) in [4.78, 5) is 1.89. The molecule has 0 aromatic heterocycles. The molecule has 0 radical (unpaired) electrons. The second-order valence-electron chi connectivity index (χ2n) is 3.91. The molecule has 2 nitrogen and oxygen atoms in total. The second-order valence-corrected chi connectivity index (χ2v) is 4.77. The minimum atomic E-state index is -0.514. The Bertz CT molecular complexity index is 372. The van der Waals surface area contributed by atoms with Gasteiger partial charge in [0, 0.05) is 25.2 Å². The van der Waals surface area contributed by atoms with Crippen LogP contribution in [0, 0.1) is 11.6 Å². The number of halogens is 3. The minimum Gasteiger partial charge on any atom is -0.316 e. The molecule has 0 aliphatic heterocycles. The van der Waals surface area contributed by atoms with Crippen molar-refractivity contribution in [3.63, 3.8) is 0 Å². The SMILES string of the molecule is CCNCCN(C)Cc1c(F)ccc(Br)c1F. The van der Waals surface area contributed by atoms with Crippen LogP contribution in [0.25, 0.3) is 0 Å². The van der Waals surface area contributed by atoms with E-state index in [0.717, 1.165) is 19.6 Å². The van der Waals surface area contributed by atoms with Gasteiger partial charge in [0.25, 0.3) is 0 Å². The third kappa shape index (κ3) is 4.33. The van der Waals surface area contributed by atoms with Crippen molar-refractivity contribution in [3.05, 3.63) is 33.8 Å². The van der Waals surface area contributed by atoms with Crippen molar-refractivity contribution in [2.24, 2.45) is 0 Å². The molecule has 1 aromatic carbocycles. The Morgan fingerprint density at radius 2 is 2.06 bits per heavy atom. The van der Waals surface area contributed by atoms with Crippen molar-refractivity contribution in [1.29, 1.82) is 0 Å². The molecule has 0 heterocycles. The predicted octanol–water partition coefficient (Wildman–Crippen LogP) is 2.77. The monoisotopic (exact) mass is 306 g/mol. The molecule has 0 spiro atoms. The van der Waals surface area contributed by atoms with E-state index in [0.29, 0.717) is 4.47 Å². The van der Waals surface area contributed by atoms with Crippen LogP contribution in [0.3, 0.4) is 0 Å². The summed E-state index contributed by atoms with van der Waals surface area (Å²) in [7, 11) is 1.84. The van der Waals surface area contributed by atoms with E-state index >= 15 is 0 Å². The van der Waals surface area contributed by atoms with E-state index in [1.807, 2.05) is 18.9 Å². The fourth-order valence-electron chi connectivity index (χ4n) is 1.51. The molecular weight excluding hydrogens is 290 g/mol. The van der Waals surface area contributed by atoms with Crippen molar-refractivity contribution < 1.29 is 8.78 Å². The lowest BCUT2D eigenvalue weighted by atomic mass is 10.2. The average Bonchev–Trinajstić information content (AvgIpc) is 2.30. The molecule has 1 N–H and O–H groups in total. The topological polar surface area (TPSA) is 15.3 Å². The number of nitrogens with zero attached hydrogens (tertiary/aromatic N) is 1. The van der Waals surface area contributed by atoms with E-state index in [2.05, 4.69) is 21.2 Å². The molecule has 0 bridgehead atoms. The van der Waals surface area contributed by atoms with Gasteiger partial charge in [0.1, 0.15) is 11.6 Å². The molecule has 1 rings (SSSR count). The molecule has 0 saturated carbocycles. The van der Waals surface area contributed by atoms with Crippen LogP contribution in [0.2, 0.25) is 0 Å². The van der Waals surface area contributed by atoms with Crippen molar-refractivity contribution in [3.8, 4) is 0 Å². The molecule has 0 aliphatic carbocycles. The summed E-state index contributed by atoms with van der Waals surface area (Å²) in [6.45, 7) is 4.74. The number of hydrogen-bond acceptors (Lipinski definition) is 2. The summed E-state index contributed by atoms with van der Waals surface area (Å²) >= 11 is 3.06. The molecule has 1 aromatic rings. The maximum Gasteiger partial charge on any atom is 0.144 e. The highest BCUT2D eigenvalue weighted by Gasteiger charge is 2.13. The summed E-state index contributed by atoms with van der Waals surface area (Å²) in [5, 5.41) is 3.17. The van der Waals surface area contributed by atoms with Gasteiger partial charge in [-0.25, -0.2) is 8.78 Å². The van der Waals surface area contributed by atoms with Crippen molar-refractivity contribution in [2.45, 2.75) is 13.5 Å². The molecule has 5 heteroatoms. The highest BCUT2D eigenvalue weighted by Crippen LogP contribution is 2.22. The lowest BCUT2D eigenvalue weighted by Gasteiger charge is -2.18. The normalized spacial score (nSPS) is 11.2. The Kier molecular flexibility index (Phi) is 6.02. The Labute approximate surface area is 109 Å². The molecule has 0 atom stereocenters. The maximum atomic E-state index is 13.7. The summed E-state index contributed by atoms with van der Waals surface area (Å²) in [6, 6.07) is 2.66. The Balaban J connectivity index is 2.64. The zero-order valence-electron chi connectivity index (χ0n) is 10.1. The van der Waals surface area contributed by atoms with Crippen LogP contribution in [0.5, 0.6) is 0 Å². The molecule has 96 valence electrons. The molecule has 0 aliphatic rings. The standard InChI is InChI=1S/C12H17BrF2N2/c1-3-16-6-7-17(2)8-9-11(14)5-4-10(13)12(9)15/h4-5,16H,3,6-8H2,1-2H3. The molecular formula is C12H17BrF2N2. The van der Waals surface area contributed by atoms with Gasteiger partial charge in [-0.2, -0.15) is 0 Å². The maximum absolute atomic E-state index is 13.7. The average molecular weight is 307 g/mol. The highest BCUT2D eigenvalue weighted by molar-refractivity contribution is 9.10. The predicted molar refractivity (Wildman–Crippen MR) is 68.9 cm³/mol. The Morgan fingerprint density at radius 3 is 2.71 bits per heavy atom. The van der Waals surface area contributed by atoms with Gasteiger partial charge in [0.15, 0.2) is 0 Å². The van der Waals surface area contributed by atoms with Gasteiger partial charge in [-0.3, -0.25) is 0 Å². The van der Waals surface area contributed by atoms with E-state index in [1.165, 1.54) is 12.1 Å². The first-order chi connectivity index (χ1) is 8.06. The van der Waals surface area contributed by atoms with Crippen LogP contribution in [-0.2, 0) is 6.54 Å². The van der Waals surface area contributed by atoms with Gasteiger partial charge in [-0.05, 0) is 41.7 Å². The molecule has 0 unspecified atom stereocenters. The first-order valence-electron chi connectivity index (χ1n) is 5.58. The van der Waals surface area contributed by atoms with Crippen LogP contribution >= 0.6 is 15.9 Å². The van der Waals surface area contributed by atoms with Crippen LogP contribution < -0.4 is 5.32 Å². The third-order valence-electron chi connectivity index (χ3n) is 2.49. The lowest BCUT2D eigenvalue weighted by Crippen LogP contribution is -2.29. The van der Waals surface area contributed by atoms with Crippen LogP contribution in [0.15, 0.2) is 16.6 Å². The number of likely N-dealkylation sites (N-methyl/N-ethyl adjacent to an activating group) is 2. The number of nitrogens with one attached hydrogen (secondary N) is 1. The smallest absolute Gasteiger partial charge is 0.144 e. The van der Waals surface area contributed by atoms with Crippen LogP contribution in [0.4, 0.5) is 8.78 Å². The highest BCUT2D eigenvalue weighted by atomic mass is 79.9. The quantitative estimate of drug-likeness (QED) is 0.642. The van der Waals surface area contributed by atoms with Crippen molar-refractivity contribution in [1.82, 2.24) is 10.2 Å². The lowest BCUT2D eigenvalue weighted by molar-refractivity contribution is 0.313. The molecule has 0 saturated heterocycles. The molecule has 17 heavy (non-hydrogen) atoms. The third-order valence-corrected chi connectivity index (χ3v) is 3.10. The van der Waals surface area contributed by atoms with Gasteiger partial charge in [-0.15, -0.1) is 0 Å². The fourth-order valence-corrected chi connectivity index (χ4v) is 1.88. The number of hydrogen-bond donors (Lipinski definition) is 1. The van der Waals surface area contributed by atoms with E-state index in [1.54, 1.807) is 0 Å². The summed E-state index contributed by atoms with van der Waals surface area (Å²) < 4.78 is 27.5. The Hall–Kier alpha value is -0.520. The summed E-state index contributed by atoms with van der Waals surface area (Å²) in [5.41, 5.74) is 0.110. The van der Waals surface area contributed by atoms with Crippen molar-refractivity contribution in [2.75, 3.05) is 26.7 Å². The largest absolute Gasteiger partial charge is 0.316 e. The van der Waals surface area contributed by atoms with Gasteiger partial charge in [0.2, 0.25) is 0 Å². The number of benzene rings is 1. The van der Waals surface area contributed by atoms with E-state index in [-0.39, 0.29) is 12.1 Å². The minimum absolute atomic E-state index is 0.110. The summed E-state index contributed by atoms with van der Waals surface area (Å²) in [6.07, 6.45) is 0. The Morgan fingerprint density at radius 1 is 1.35 bits per heavy atom. The van der Waals surface area contributed by atoms with Gasteiger partial charge in [0.05, 0.1) is 4.47 Å². The molecule has 0 fully saturated rings. The van der Waals surface area contributed by atoms with Gasteiger partial charge >= 0.3 is 0 Å². The van der Waals surface area contributed by atoms with E-state index in [9.17, 15) is 8.78 Å². The van der Waals surface area contributed by atoms with E-state index in [4.69, 9.17) is 0 Å². The zero-order valence-corrected chi connectivity index (χ0v) is 11.7.